The van der Waals surface area contributed by atoms with Crippen LogP contribution in [0.2, 0.25) is 5.02 Å². The van der Waals surface area contributed by atoms with E-state index in [1.165, 1.54) is 6.07 Å². The monoisotopic (exact) mass is 289 g/mol. The predicted octanol–water partition coefficient (Wildman–Crippen LogP) is 4.55. The molecule has 0 saturated heterocycles. The maximum Gasteiger partial charge on any atom is 0.132 e. The summed E-state index contributed by atoms with van der Waals surface area (Å²) in [5, 5.41) is 1.29. The lowest BCUT2D eigenvalue weighted by Gasteiger charge is -2.07. The molecule has 1 heterocycles. The largest absolute Gasteiger partial charge is 0.487 e. The van der Waals surface area contributed by atoms with Crippen molar-refractivity contribution in [3.63, 3.8) is 0 Å². The van der Waals surface area contributed by atoms with E-state index in [4.69, 9.17) is 16.3 Å². The third-order valence-corrected chi connectivity index (χ3v) is 3.59. The van der Waals surface area contributed by atoms with Gasteiger partial charge in [0.25, 0.3) is 0 Å². The molecular formula is C16H13ClFNO. The van der Waals surface area contributed by atoms with Crippen LogP contribution >= 0.6 is 11.6 Å². The van der Waals surface area contributed by atoms with Gasteiger partial charge in [-0.05, 0) is 42.5 Å². The number of ether oxygens (including phenoxy) is 1. The van der Waals surface area contributed by atoms with Crippen molar-refractivity contribution < 1.29 is 9.13 Å². The summed E-state index contributed by atoms with van der Waals surface area (Å²) in [6, 6.07) is 14.1. The average molecular weight is 290 g/mol. The lowest BCUT2D eigenvalue weighted by Crippen LogP contribution is -2.01. The van der Waals surface area contributed by atoms with Crippen molar-refractivity contribution in [3.05, 3.63) is 65.1 Å². The van der Waals surface area contributed by atoms with Gasteiger partial charge in [0.05, 0.1) is 11.2 Å². The molecule has 3 aromatic rings. The first kappa shape index (κ1) is 13.0. The maximum absolute atomic E-state index is 13.7. The highest BCUT2D eigenvalue weighted by Gasteiger charge is 2.09. The Bertz CT molecular complexity index is 749. The zero-order valence-corrected chi connectivity index (χ0v) is 11.7. The summed E-state index contributed by atoms with van der Waals surface area (Å²) in [5.74, 6) is 0.524. The van der Waals surface area contributed by atoms with Crippen LogP contribution in [-0.4, -0.2) is 4.57 Å². The van der Waals surface area contributed by atoms with Crippen LogP contribution in [-0.2, 0) is 13.7 Å². The normalized spacial score (nSPS) is 10.9. The molecule has 20 heavy (non-hydrogen) atoms. The second-order valence-corrected chi connectivity index (χ2v) is 5.05. The number of halogens is 2. The van der Waals surface area contributed by atoms with Gasteiger partial charge < -0.3 is 9.30 Å². The van der Waals surface area contributed by atoms with E-state index in [-0.39, 0.29) is 5.82 Å². The Labute approximate surface area is 121 Å². The molecule has 0 aliphatic rings. The van der Waals surface area contributed by atoms with Gasteiger partial charge in [-0.15, -0.1) is 0 Å². The number of hydrogen-bond acceptors (Lipinski definition) is 1. The van der Waals surface area contributed by atoms with Crippen molar-refractivity contribution in [2.24, 2.45) is 7.05 Å². The number of aryl methyl sites for hydroxylation is 1. The molecule has 2 nitrogen and oxygen atoms in total. The fraction of sp³-hybridized carbons (Fsp3) is 0.125. The van der Waals surface area contributed by atoms with Crippen LogP contribution in [0, 0.1) is 5.82 Å². The first-order chi connectivity index (χ1) is 9.65. The molecule has 0 fully saturated rings. The number of nitrogens with zero attached hydrogens (tertiary/aromatic N) is 1. The van der Waals surface area contributed by atoms with Crippen molar-refractivity contribution in [1.82, 2.24) is 4.57 Å². The minimum Gasteiger partial charge on any atom is -0.487 e. The van der Waals surface area contributed by atoms with Crippen LogP contribution in [0.3, 0.4) is 0 Å². The molecule has 4 heteroatoms. The molecule has 0 atom stereocenters. The minimum atomic E-state index is -0.212. The van der Waals surface area contributed by atoms with Crippen molar-refractivity contribution in [2.45, 2.75) is 6.61 Å². The Morgan fingerprint density at radius 2 is 1.90 bits per heavy atom. The van der Waals surface area contributed by atoms with Crippen LogP contribution in [0.5, 0.6) is 5.75 Å². The Kier molecular flexibility index (Phi) is 3.36. The fourth-order valence-electron chi connectivity index (χ4n) is 2.21. The first-order valence-electron chi connectivity index (χ1n) is 6.26. The van der Waals surface area contributed by atoms with Gasteiger partial charge in [0, 0.05) is 17.5 Å². The highest BCUT2D eigenvalue weighted by Crippen LogP contribution is 2.23. The summed E-state index contributed by atoms with van der Waals surface area (Å²) in [6.45, 7) is 0.381. The van der Waals surface area contributed by atoms with Crippen molar-refractivity contribution in [3.8, 4) is 5.75 Å². The van der Waals surface area contributed by atoms with Crippen LogP contribution in [0.4, 0.5) is 4.39 Å². The summed E-state index contributed by atoms with van der Waals surface area (Å²) < 4.78 is 21.4. The van der Waals surface area contributed by atoms with Gasteiger partial charge in [-0.3, -0.25) is 0 Å². The van der Waals surface area contributed by atoms with Crippen molar-refractivity contribution >= 4 is 22.5 Å². The van der Waals surface area contributed by atoms with E-state index >= 15 is 0 Å². The highest BCUT2D eigenvalue weighted by atomic mass is 35.5. The molecule has 0 bridgehead atoms. The molecule has 3 rings (SSSR count). The smallest absolute Gasteiger partial charge is 0.132 e. The average Bonchev–Trinajstić information content (AvgIpc) is 2.77. The van der Waals surface area contributed by atoms with Gasteiger partial charge in [0.2, 0.25) is 0 Å². The standard InChI is InChI=1S/C16H13ClFNO/c1-19-12(9-14-15(18)3-2-4-16(14)19)10-20-13-7-5-11(17)6-8-13/h2-9H,10H2,1H3. The van der Waals surface area contributed by atoms with E-state index in [1.54, 1.807) is 18.2 Å². The second-order valence-electron chi connectivity index (χ2n) is 4.61. The van der Waals surface area contributed by atoms with Crippen LogP contribution in [0.25, 0.3) is 10.9 Å². The van der Waals surface area contributed by atoms with Gasteiger partial charge in [-0.1, -0.05) is 17.7 Å². The van der Waals surface area contributed by atoms with Gasteiger partial charge >= 0.3 is 0 Å². The third-order valence-electron chi connectivity index (χ3n) is 3.33. The van der Waals surface area contributed by atoms with Crippen molar-refractivity contribution in [1.29, 1.82) is 0 Å². The van der Waals surface area contributed by atoms with Crippen LogP contribution < -0.4 is 4.74 Å². The predicted molar refractivity (Wildman–Crippen MR) is 78.7 cm³/mol. The fourth-order valence-corrected chi connectivity index (χ4v) is 2.33. The summed E-state index contributed by atoms with van der Waals surface area (Å²) in [7, 11) is 1.91. The van der Waals surface area contributed by atoms with Gasteiger partial charge in [0.1, 0.15) is 18.2 Å². The molecule has 102 valence electrons. The topological polar surface area (TPSA) is 14.2 Å². The summed E-state index contributed by atoms with van der Waals surface area (Å²) in [4.78, 5) is 0. The Balaban J connectivity index is 1.86. The second kappa shape index (κ2) is 5.17. The van der Waals surface area contributed by atoms with E-state index < -0.39 is 0 Å². The zero-order valence-electron chi connectivity index (χ0n) is 10.9. The minimum absolute atomic E-state index is 0.212. The van der Waals surface area contributed by atoms with Gasteiger partial charge in [-0.25, -0.2) is 4.39 Å². The van der Waals surface area contributed by atoms with Crippen LogP contribution in [0.1, 0.15) is 5.69 Å². The van der Waals surface area contributed by atoms with E-state index in [1.807, 2.05) is 35.9 Å². The molecule has 0 saturated carbocycles. The molecule has 0 N–H and O–H groups in total. The molecule has 0 amide bonds. The van der Waals surface area contributed by atoms with E-state index in [2.05, 4.69) is 0 Å². The number of rotatable bonds is 3. The Hall–Kier alpha value is -2.00. The SMILES string of the molecule is Cn1c(COc2ccc(Cl)cc2)cc2c(F)cccc21. The molecule has 0 radical (unpaired) electrons. The van der Waals surface area contributed by atoms with Crippen LogP contribution in [0.15, 0.2) is 48.5 Å². The molecule has 1 aromatic heterocycles. The number of hydrogen-bond donors (Lipinski definition) is 0. The molecule has 0 aliphatic heterocycles. The summed E-state index contributed by atoms with van der Waals surface area (Å²) >= 11 is 5.82. The van der Waals surface area contributed by atoms with E-state index in [9.17, 15) is 4.39 Å². The van der Waals surface area contributed by atoms with Gasteiger partial charge in [0.15, 0.2) is 0 Å². The van der Waals surface area contributed by atoms with Crippen molar-refractivity contribution in [2.75, 3.05) is 0 Å². The Morgan fingerprint density at radius 3 is 2.60 bits per heavy atom. The lowest BCUT2D eigenvalue weighted by molar-refractivity contribution is 0.298. The van der Waals surface area contributed by atoms with E-state index in [0.29, 0.717) is 17.0 Å². The highest BCUT2D eigenvalue weighted by molar-refractivity contribution is 6.30. The number of benzene rings is 2. The molecule has 0 unspecified atom stereocenters. The number of fused-ring (bicyclic) bond motifs is 1. The summed E-state index contributed by atoms with van der Waals surface area (Å²) in [5.41, 5.74) is 1.78. The zero-order chi connectivity index (χ0) is 14.1. The molecule has 0 aliphatic carbocycles. The summed E-state index contributed by atoms with van der Waals surface area (Å²) in [6.07, 6.45) is 0. The quantitative estimate of drug-likeness (QED) is 0.690. The molecule has 2 aromatic carbocycles. The lowest BCUT2D eigenvalue weighted by atomic mass is 10.2. The molecule has 0 spiro atoms. The maximum atomic E-state index is 13.7. The first-order valence-corrected chi connectivity index (χ1v) is 6.64. The Morgan fingerprint density at radius 1 is 1.15 bits per heavy atom. The third kappa shape index (κ3) is 2.37. The number of aromatic nitrogens is 1. The molecular weight excluding hydrogens is 277 g/mol. The van der Waals surface area contributed by atoms with Gasteiger partial charge in [-0.2, -0.15) is 0 Å². The van der Waals surface area contributed by atoms with E-state index in [0.717, 1.165) is 17.0 Å².